The summed E-state index contributed by atoms with van der Waals surface area (Å²) in [5.41, 5.74) is 1.06. The van der Waals surface area contributed by atoms with Crippen LogP contribution >= 0.6 is 0 Å². The van der Waals surface area contributed by atoms with Crippen LogP contribution in [0.1, 0.15) is 5.56 Å². The molecule has 1 N–H and O–H groups in total. The number of nitrogens with zero attached hydrogens (tertiary/aromatic N) is 2. The number of carbonyl (C=O) groups excluding carboxylic acids is 2. The Bertz CT molecular complexity index is 792. The molecule has 6 nitrogen and oxygen atoms in total. The molecule has 3 rings (SSSR count). The second-order valence-corrected chi connectivity index (χ2v) is 6.67. The third-order valence-corrected chi connectivity index (χ3v) is 4.58. The van der Waals surface area contributed by atoms with Crippen LogP contribution < -0.4 is 10.1 Å². The van der Waals surface area contributed by atoms with E-state index < -0.39 is 5.82 Å². The Balaban J connectivity index is 1.35. The Labute approximate surface area is 163 Å². The average Bonchev–Trinajstić information content (AvgIpc) is 2.72. The summed E-state index contributed by atoms with van der Waals surface area (Å²) >= 11 is 0. The van der Waals surface area contributed by atoms with Gasteiger partial charge < -0.3 is 15.0 Å². The number of amides is 2. The van der Waals surface area contributed by atoms with Crippen molar-refractivity contribution in [2.45, 2.75) is 6.54 Å². The summed E-state index contributed by atoms with van der Waals surface area (Å²) in [6, 6.07) is 15.5. The van der Waals surface area contributed by atoms with E-state index in [0.29, 0.717) is 45.0 Å². The molecule has 0 radical (unpaired) electrons. The fourth-order valence-corrected chi connectivity index (χ4v) is 3.00. The first-order chi connectivity index (χ1) is 13.6. The number of hydrogen-bond acceptors (Lipinski definition) is 4. The Hall–Kier alpha value is -2.93. The van der Waals surface area contributed by atoms with Crippen molar-refractivity contribution < 1.29 is 18.7 Å². The minimum atomic E-state index is -0.399. The van der Waals surface area contributed by atoms with Crippen molar-refractivity contribution in [2.24, 2.45) is 0 Å². The number of nitrogens with one attached hydrogen (secondary N) is 1. The number of halogens is 1. The van der Waals surface area contributed by atoms with Gasteiger partial charge in [0.15, 0.2) is 6.61 Å². The molecule has 0 aliphatic carbocycles. The van der Waals surface area contributed by atoms with E-state index in [-0.39, 0.29) is 18.4 Å². The Morgan fingerprint density at radius 3 is 2.46 bits per heavy atom. The van der Waals surface area contributed by atoms with Crippen LogP contribution in [0, 0.1) is 5.82 Å². The Kier molecular flexibility index (Phi) is 6.97. The first-order valence-corrected chi connectivity index (χ1v) is 9.29. The van der Waals surface area contributed by atoms with Crippen LogP contribution in [0.5, 0.6) is 5.75 Å². The summed E-state index contributed by atoms with van der Waals surface area (Å²) < 4.78 is 18.5. The van der Waals surface area contributed by atoms with Gasteiger partial charge in [-0.1, -0.05) is 36.4 Å². The van der Waals surface area contributed by atoms with Crippen molar-refractivity contribution in [3.63, 3.8) is 0 Å². The predicted molar refractivity (Wildman–Crippen MR) is 103 cm³/mol. The maximum absolute atomic E-state index is 13.1. The van der Waals surface area contributed by atoms with E-state index in [2.05, 4.69) is 5.32 Å². The van der Waals surface area contributed by atoms with Gasteiger partial charge in [0, 0.05) is 38.8 Å². The van der Waals surface area contributed by atoms with E-state index in [1.807, 2.05) is 35.2 Å². The third-order valence-electron chi connectivity index (χ3n) is 4.58. The van der Waals surface area contributed by atoms with Gasteiger partial charge >= 0.3 is 0 Å². The molecule has 0 spiro atoms. The van der Waals surface area contributed by atoms with Gasteiger partial charge in [-0.25, -0.2) is 4.39 Å². The molecule has 0 saturated carbocycles. The molecule has 0 atom stereocenters. The lowest BCUT2D eigenvalue weighted by Crippen LogP contribution is -2.52. The highest BCUT2D eigenvalue weighted by Crippen LogP contribution is 2.12. The molecule has 1 aliphatic rings. The van der Waals surface area contributed by atoms with Crippen LogP contribution in [0.25, 0.3) is 0 Å². The molecular weight excluding hydrogens is 361 g/mol. The lowest BCUT2D eigenvalue weighted by Gasteiger charge is -2.34. The van der Waals surface area contributed by atoms with Gasteiger partial charge in [0.1, 0.15) is 11.6 Å². The molecule has 7 heteroatoms. The molecule has 0 aromatic heterocycles. The zero-order chi connectivity index (χ0) is 19.8. The Morgan fingerprint density at radius 1 is 1.00 bits per heavy atom. The van der Waals surface area contributed by atoms with Crippen LogP contribution in [-0.4, -0.2) is 60.9 Å². The maximum Gasteiger partial charge on any atom is 0.260 e. The first-order valence-electron chi connectivity index (χ1n) is 9.29. The van der Waals surface area contributed by atoms with Crippen LogP contribution in [0.3, 0.4) is 0 Å². The van der Waals surface area contributed by atoms with Crippen molar-refractivity contribution in [3.05, 3.63) is 66.0 Å². The molecule has 1 heterocycles. The van der Waals surface area contributed by atoms with E-state index in [4.69, 9.17) is 4.74 Å². The number of hydrogen-bond donors (Lipinski definition) is 1. The van der Waals surface area contributed by atoms with Gasteiger partial charge in [-0.3, -0.25) is 14.5 Å². The largest absolute Gasteiger partial charge is 0.484 e. The normalized spacial score (nSPS) is 14.5. The summed E-state index contributed by atoms with van der Waals surface area (Å²) in [4.78, 5) is 28.1. The molecular formula is C21H24FN3O3. The standard InChI is InChI=1S/C21H24FN3O3/c22-18-7-4-8-19(13-18)28-16-21(27)25-11-9-24(10-12-25)15-20(26)23-14-17-5-2-1-3-6-17/h1-8,13H,9-12,14-16H2,(H,23,26). The van der Waals surface area contributed by atoms with Crippen molar-refractivity contribution >= 4 is 11.8 Å². The minimum Gasteiger partial charge on any atom is -0.484 e. The van der Waals surface area contributed by atoms with Gasteiger partial charge in [0.25, 0.3) is 5.91 Å². The van der Waals surface area contributed by atoms with Crippen molar-refractivity contribution in [1.29, 1.82) is 0 Å². The second kappa shape index (κ2) is 9.85. The van der Waals surface area contributed by atoms with Crippen LogP contribution in [-0.2, 0) is 16.1 Å². The molecule has 2 aromatic carbocycles. The Morgan fingerprint density at radius 2 is 1.75 bits per heavy atom. The van der Waals surface area contributed by atoms with Crippen molar-refractivity contribution in [1.82, 2.24) is 15.1 Å². The molecule has 0 bridgehead atoms. The summed E-state index contributed by atoms with van der Waals surface area (Å²) in [5, 5.41) is 2.91. The second-order valence-electron chi connectivity index (χ2n) is 6.67. The number of ether oxygens (including phenoxy) is 1. The lowest BCUT2D eigenvalue weighted by atomic mass is 10.2. The topological polar surface area (TPSA) is 61.9 Å². The van der Waals surface area contributed by atoms with Gasteiger partial charge in [0.2, 0.25) is 5.91 Å². The number of benzene rings is 2. The van der Waals surface area contributed by atoms with E-state index >= 15 is 0 Å². The third kappa shape index (κ3) is 6.06. The van der Waals surface area contributed by atoms with Gasteiger partial charge in [-0.2, -0.15) is 0 Å². The first kappa shape index (κ1) is 19.8. The summed E-state index contributed by atoms with van der Waals surface area (Å²) in [6.45, 7) is 3.04. The molecule has 1 fully saturated rings. The molecule has 2 aromatic rings. The monoisotopic (exact) mass is 385 g/mol. The zero-order valence-corrected chi connectivity index (χ0v) is 15.6. The molecule has 28 heavy (non-hydrogen) atoms. The van der Waals surface area contributed by atoms with E-state index in [1.54, 1.807) is 11.0 Å². The van der Waals surface area contributed by atoms with Crippen LogP contribution in [0.4, 0.5) is 4.39 Å². The zero-order valence-electron chi connectivity index (χ0n) is 15.6. The highest BCUT2D eigenvalue weighted by atomic mass is 19.1. The fourth-order valence-electron chi connectivity index (χ4n) is 3.00. The molecule has 1 aliphatic heterocycles. The number of piperazine rings is 1. The lowest BCUT2D eigenvalue weighted by molar-refractivity contribution is -0.135. The molecule has 2 amide bonds. The smallest absolute Gasteiger partial charge is 0.260 e. The summed E-state index contributed by atoms with van der Waals surface area (Å²) in [7, 11) is 0. The van der Waals surface area contributed by atoms with E-state index in [1.165, 1.54) is 18.2 Å². The van der Waals surface area contributed by atoms with Crippen molar-refractivity contribution in [3.8, 4) is 5.75 Å². The van der Waals surface area contributed by atoms with E-state index in [0.717, 1.165) is 5.56 Å². The van der Waals surface area contributed by atoms with Crippen LogP contribution in [0.2, 0.25) is 0 Å². The highest BCUT2D eigenvalue weighted by molar-refractivity contribution is 5.79. The number of carbonyl (C=O) groups is 2. The molecule has 148 valence electrons. The summed E-state index contributed by atoms with van der Waals surface area (Å²) in [6.07, 6.45) is 0. The molecule has 0 unspecified atom stereocenters. The van der Waals surface area contributed by atoms with E-state index in [9.17, 15) is 14.0 Å². The van der Waals surface area contributed by atoms with Crippen LogP contribution in [0.15, 0.2) is 54.6 Å². The van der Waals surface area contributed by atoms with Gasteiger partial charge in [0.05, 0.1) is 6.54 Å². The maximum atomic E-state index is 13.1. The van der Waals surface area contributed by atoms with Gasteiger partial charge in [-0.05, 0) is 17.7 Å². The quantitative estimate of drug-likeness (QED) is 0.788. The van der Waals surface area contributed by atoms with Gasteiger partial charge in [-0.15, -0.1) is 0 Å². The average molecular weight is 385 g/mol. The summed E-state index contributed by atoms with van der Waals surface area (Å²) in [5.74, 6) is -0.235. The minimum absolute atomic E-state index is 0.0296. The highest BCUT2D eigenvalue weighted by Gasteiger charge is 2.22. The van der Waals surface area contributed by atoms with Crippen molar-refractivity contribution in [2.75, 3.05) is 39.3 Å². The predicted octanol–water partition coefficient (Wildman–Crippen LogP) is 1.67. The SMILES string of the molecule is O=C(CN1CCN(C(=O)COc2cccc(F)c2)CC1)NCc1ccccc1. The molecule has 1 saturated heterocycles. The number of rotatable bonds is 7. The fraction of sp³-hybridized carbons (Fsp3) is 0.333.